The number of benzene rings is 1. The molecular weight excluding hydrogens is 280 g/mol. The zero-order valence-electron chi connectivity index (χ0n) is 11.3. The van der Waals surface area contributed by atoms with Gasteiger partial charge in [0.05, 0.1) is 18.1 Å². The second kappa shape index (κ2) is 5.88. The summed E-state index contributed by atoms with van der Waals surface area (Å²) >= 11 is 0. The van der Waals surface area contributed by atoms with E-state index >= 15 is 0 Å². The van der Waals surface area contributed by atoms with Gasteiger partial charge in [-0.15, -0.1) is 0 Å². The van der Waals surface area contributed by atoms with Crippen molar-refractivity contribution in [3.8, 4) is 0 Å². The maximum Gasteiger partial charge on any atom is 0.328 e. The van der Waals surface area contributed by atoms with Crippen LogP contribution in [-0.4, -0.2) is 52.6 Å². The first kappa shape index (κ1) is 14.9. The Balaban J connectivity index is 2.30. The summed E-state index contributed by atoms with van der Waals surface area (Å²) < 4.78 is 5.08. The molecule has 1 aromatic rings. The molecule has 1 fully saturated rings. The van der Waals surface area contributed by atoms with Crippen molar-refractivity contribution in [2.75, 3.05) is 19.8 Å². The number of aliphatic carboxylic acids is 1. The molecule has 8 nitrogen and oxygen atoms in total. The number of nitro benzene ring substituents is 1. The number of aryl methyl sites for hydroxylation is 1. The Hall–Kier alpha value is -2.48. The molecule has 0 bridgehead atoms. The van der Waals surface area contributed by atoms with Crippen LogP contribution in [0.5, 0.6) is 0 Å². The Labute approximate surface area is 120 Å². The topological polar surface area (TPSA) is 110 Å². The van der Waals surface area contributed by atoms with Crippen molar-refractivity contribution in [2.45, 2.75) is 13.0 Å². The Bertz CT molecular complexity index is 600. The number of hydrogen-bond acceptors (Lipinski definition) is 5. The summed E-state index contributed by atoms with van der Waals surface area (Å²) in [4.78, 5) is 35.0. The van der Waals surface area contributed by atoms with Crippen molar-refractivity contribution in [1.29, 1.82) is 0 Å². The first-order valence-corrected chi connectivity index (χ1v) is 6.28. The van der Waals surface area contributed by atoms with E-state index in [1.807, 2.05) is 0 Å². The first-order valence-electron chi connectivity index (χ1n) is 6.28. The summed E-state index contributed by atoms with van der Waals surface area (Å²) in [6, 6.07) is 2.84. The van der Waals surface area contributed by atoms with E-state index < -0.39 is 22.8 Å². The zero-order chi connectivity index (χ0) is 15.6. The lowest BCUT2D eigenvalue weighted by atomic mass is 10.1. The van der Waals surface area contributed by atoms with Crippen molar-refractivity contribution < 1.29 is 24.4 Å². The predicted octanol–water partition coefficient (Wildman–Crippen LogP) is 0.829. The third-order valence-corrected chi connectivity index (χ3v) is 3.33. The fourth-order valence-electron chi connectivity index (χ4n) is 2.21. The largest absolute Gasteiger partial charge is 0.480 e. The molecule has 112 valence electrons. The highest BCUT2D eigenvalue weighted by molar-refractivity contribution is 5.98. The molecule has 1 aliphatic rings. The van der Waals surface area contributed by atoms with Gasteiger partial charge in [-0.3, -0.25) is 14.9 Å². The summed E-state index contributed by atoms with van der Waals surface area (Å²) in [5.74, 6) is -1.60. The average Bonchev–Trinajstić information content (AvgIpc) is 2.46. The minimum Gasteiger partial charge on any atom is -0.480 e. The molecule has 0 radical (unpaired) electrons. The Kier molecular flexibility index (Phi) is 4.18. The number of nitro groups is 1. The number of amides is 1. The lowest BCUT2D eigenvalue weighted by Gasteiger charge is -2.33. The van der Waals surface area contributed by atoms with Crippen LogP contribution in [0.15, 0.2) is 18.2 Å². The molecule has 1 N–H and O–H groups in total. The van der Waals surface area contributed by atoms with Crippen LogP contribution in [0, 0.1) is 17.0 Å². The second-order valence-electron chi connectivity index (χ2n) is 4.68. The Morgan fingerprint density at radius 2 is 2.19 bits per heavy atom. The standard InChI is InChI=1S/C13H14N2O6/c1-8-6-9(15(19)20)2-3-10(8)12(16)14-4-5-21-7-11(14)13(17)18/h2-3,6,11H,4-5,7H2,1H3,(H,17,18). The SMILES string of the molecule is Cc1cc([N+](=O)[O-])ccc1C(=O)N1CCOCC1C(=O)O. The number of carboxylic acid groups (broad SMARTS) is 1. The molecule has 0 aliphatic carbocycles. The fraction of sp³-hybridized carbons (Fsp3) is 0.385. The van der Waals surface area contributed by atoms with Gasteiger partial charge in [0.1, 0.15) is 0 Å². The molecule has 1 heterocycles. The minimum absolute atomic E-state index is 0.0624. The summed E-state index contributed by atoms with van der Waals surface area (Å²) in [5, 5.41) is 19.8. The van der Waals surface area contributed by atoms with Gasteiger partial charge in [-0.25, -0.2) is 4.79 Å². The molecule has 0 saturated carbocycles. The van der Waals surface area contributed by atoms with Crippen LogP contribution < -0.4 is 0 Å². The number of carbonyl (C=O) groups is 2. The van der Waals surface area contributed by atoms with Crippen LogP contribution in [0.25, 0.3) is 0 Å². The highest BCUT2D eigenvalue weighted by Gasteiger charge is 2.33. The van der Waals surface area contributed by atoms with Gasteiger partial charge in [0.2, 0.25) is 0 Å². The van der Waals surface area contributed by atoms with E-state index in [0.29, 0.717) is 5.56 Å². The maximum atomic E-state index is 12.5. The second-order valence-corrected chi connectivity index (χ2v) is 4.68. The summed E-state index contributed by atoms with van der Waals surface area (Å²) in [5.41, 5.74) is 0.583. The van der Waals surface area contributed by atoms with Crippen molar-refractivity contribution in [3.05, 3.63) is 39.4 Å². The van der Waals surface area contributed by atoms with Gasteiger partial charge >= 0.3 is 5.97 Å². The molecule has 1 unspecified atom stereocenters. The third kappa shape index (κ3) is 3.00. The maximum absolute atomic E-state index is 12.5. The molecule has 1 atom stereocenters. The van der Waals surface area contributed by atoms with E-state index in [9.17, 15) is 19.7 Å². The van der Waals surface area contributed by atoms with E-state index in [0.717, 1.165) is 0 Å². The quantitative estimate of drug-likeness (QED) is 0.653. The molecule has 0 spiro atoms. The summed E-state index contributed by atoms with van der Waals surface area (Å²) in [6.45, 7) is 1.96. The van der Waals surface area contributed by atoms with Crippen molar-refractivity contribution in [3.63, 3.8) is 0 Å². The van der Waals surface area contributed by atoms with Gasteiger partial charge in [0.25, 0.3) is 11.6 Å². The zero-order valence-corrected chi connectivity index (χ0v) is 11.3. The van der Waals surface area contributed by atoms with Crippen LogP contribution in [0.1, 0.15) is 15.9 Å². The summed E-state index contributed by atoms with van der Waals surface area (Å²) in [6.07, 6.45) is 0. The Morgan fingerprint density at radius 1 is 1.48 bits per heavy atom. The Morgan fingerprint density at radius 3 is 2.76 bits per heavy atom. The fourth-order valence-corrected chi connectivity index (χ4v) is 2.21. The predicted molar refractivity (Wildman–Crippen MR) is 71.1 cm³/mol. The number of rotatable bonds is 3. The van der Waals surface area contributed by atoms with Gasteiger partial charge < -0.3 is 14.7 Å². The normalized spacial score (nSPS) is 18.3. The van der Waals surface area contributed by atoms with Crippen molar-refractivity contribution in [2.24, 2.45) is 0 Å². The molecule has 0 aromatic heterocycles. The third-order valence-electron chi connectivity index (χ3n) is 3.33. The number of carbonyl (C=O) groups excluding carboxylic acids is 1. The van der Waals surface area contributed by atoms with Crippen LogP contribution in [0.2, 0.25) is 0 Å². The summed E-state index contributed by atoms with van der Waals surface area (Å²) in [7, 11) is 0. The van der Waals surface area contributed by atoms with Gasteiger partial charge in [0, 0.05) is 24.2 Å². The molecular formula is C13H14N2O6. The minimum atomic E-state index is -1.14. The molecule has 1 aromatic carbocycles. The molecule has 1 saturated heterocycles. The molecule has 21 heavy (non-hydrogen) atoms. The van der Waals surface area contributed by atoms with Gasteiger partial charge in [-0.2, -0.15) is 0 Å². The number of carboxylic acids is 1. The number of ether oxygens (including phenoxy) is 1. The molecule has 1 amide bonds. The smallest absolute Gasteiger partial charge is 0.328 e. The van der Waals surface area contributed by atoms with Crippen molar-refractivity contribution >= 4 is 17.6 Å². The molecule has 1 aliphatic heterocycles. The first-order chi connectivity index (χ1) is 9.91. The van der Waals surface area contributed by atoms with Crippen LogP contribution in [-0.2, 0) is 9.53 Å². The lowest BCUT2D eigenvalue weighted by Crippen LogP contribution is -2.52. The average molecular weight is 294 g/mol. The number of morpholine rings is 1. The highest BCUT2D eigenvalue weighted by Crippen LogP contribution is 2.20. The monoisotopic (exact) mass is 294 g/mol. The van der Waals surface area contributed by atoms with E-state index in [2.05, 4.69) is 0 Å². The van der Waals surface area contributed by atoms with E-state index in [4.69, 9.17) is 9.84 Å². The van der Waals surface area contributed by atoms with E-state index in [-0.39, 0.29) is 31.0 Å². The van der Waals surface area contributed by atoms with Gasteiger partial charge in [-0.1, -0.05) is 0 Å². The molecule has 8 heteroatoms. The van der Waals surface area contributed by atoms with E-state index in [1.54, 1.807) is 6.92 Å². The van der Waals surface area contributed by atoms with Crippen LogP contribution in [0.3, 0.4) is 0 Å². The van der Waals surface area contributed by atoms with E-state index in [1.165, 1.54) is 23.1 Å². The van der Waals surface area contributed by atoms with Gasteiger partial charge in [-0.05, 0) is 18.6 Å². The highest BCUT2D eigenvalue weighted by atomic mass is 16.6. The number of non-ortho nitro benzene ring substituents is 1. The van der Waals surface area contributed by atoms with Crippen LogP contribution in [0.4, 0.5) is 5.69 Å². The number of hydrogen-bond donors (Lipinski definition) is 1. The lowest BCUT2D eigenvalue weighted by molar-refractivity contribution is -0.384. The van der Waals surface area contributed by atoms with Crippen molar-refractivity contribution in [1.82, 2.24) is 4.90 Å². The van der Waals surface area contributed by atoms with Gasteiger partial charge in [0.15, 0.2) is 6.04 Å². The number of nitrogens with zero attached hydrogens (tertiary/aromatic N) is 2. The van der Waals surface area contributed by atoms with Crippen LogP contribution >= 0.6 is 0 Å². The molecule has 2 rings (SSSR count).